The number of pyridine rings is 1. The first-order chi connectivity index (χ1) is 9.78. The fourth-order valence-electron chi connectivity index (χ4n) is 2.17. The predicted octanol–water partition coefficient (Wildman–Crippen LogP) is 3.27. The van der Waals surface area contributed by atoms with Crippen LogP contribution in [0.5, 0.6) is 5.75 Å². The van der Waals surface area contributed by atoms with Gasteiger partial charge in [-0.25, -0.2) is 0 Å². The van der Waals surface area contributed by atoms with E-state index in [-0.39, 0.29) is 6.04 Å². The highest BCUT2D eigenvalue weighted by molar-refractivity contribution is 5.77. The number of nitrogens with two attached hydrogens (primary N) is 1. The van der Waals surface area contributed by atoms with Gasteiger partial charge in [-0.3, -0.25) is 4.98 Å². The molecule has 4 nitrogen and oxygen atoms in total. The van der Waals surface area contributed by atoms with Gasteiger partial charge in [-0.15, -0.1) is 0 Å². The Morgan fingerprint density at radius 1 is 1.25 bits per heavy atom. The third-order valence-corrected chi connectivity index (χ3v) is 3.16. The van der Waals surface area contributed by atoms with Gasteiger partial charge in [0.25, 0.3) is 0 Å². The molecule has 0 spiro atoms. The molecule has 1 unspecified atom stereocenters. The molecule has 0 saturated heterocycles. The van der Waals surface area contributed by atoms with Crippen molar-refractivity contribution in [2.24, 2.45) is 5.73 Å². The topological polar surface area (TPSA) is 61.3 Å². The molecule has 2 N–H and O–H groups in total. The van der Waals surface area contributed by atoms with Crippen LogP contribution in [0, 0.1) is 0 Å². The minimum absolute atomic E-state index is 0.352. The van der Waals surface area contributed by atoms with E-state index in [2.05, 4.69) is 4.98 Å². The van der Waals surface area contributed by atoms with Crippen molar-refractivity contribution in [3.63, 3.8) is 0 Å². The lowest BCUT2D eigenvalue weighted by atomic mass is 10.1. The molecule has 0 radical (unpaired) electrons. The Morgan fingerprint density at radius 2 is 2.10 bits per heavy atom. The number of fused-ring (bicyclic) bond motifs is 1. The molecular weight excluding hydrogens is 252 g/mol. The molecule has 2 heterocycles. The van der Waals surface area contributed by atoms with Gasteiger partial charge in [-0.2, -0.15) is 0 Å². The first kappa shape index (κ1) is 12.7. The van der Waals surface area contributed by atoms with E-state index in [1.165, 1.54) is 0 Å². The van der Waals surface area contributed by atoms with E-state index >= 15 is 0 Å². The molecule has 1 atom stereocenters. The lowest BCUT2D eigenvalue weighted by Gasteiger charge is -2.10. The third kappa shape index (κ3) is 2.38. The Morgan fingerprint density at radius 3 is 2.90 bits per heavy atom. The zero-order valence-electron chi connectivity index (χ0n) is 11.2. The fourth-order valence-corrected chi connectivity index (χ4v) is 2.17. The summed E-state index contributed by atoms with van der Waals surface area (Å²) in [6.45, 7) is 2.54. The number of aromatic nitrogens is 1. The monoisotopic (exact) mass is 268 g/mol. The number of furan rings is 1. The summed E-state index contributed by atoms with van der Waals surface area (Å²) in [6.07, 6.45) is 3.42. The van der Waals surface area contributed by atoms with Crippen molar-refractivity contribution in [2.75, 3.05) is 6.61 Å². The molecule has 0 aliphatic heterocycles. The van der Waals surface area contributed by atoms with Gasteiger partial charge in [0.1, 0.15) is 17.1 Å². The standard InChI is InChI=1S/C16H16N2O2/c1-2-19-13-7-12(9-18-10-13)16(17)15-8-11-5-3-4-6-14(11)20-15/h3-10,16H,2,17H2,1H3. The third-order valence-electron chi connectivity index (χ3n) is 3.16. The summed E-state index contributed by atoms with van der Waals surface area (Å²) < 4.78 is 11.2. The van der Waals surface area contributed by atoms with Crippen LogP contribution >= 0.6 is 0 Å². The molecule has 20 heavy (non-hydrogen) atoms. The van der Waals surface area contributed by atoms with Crippen molar-refractivity contribution in [1.82, 2.24) is 4.98 Å². The van der Waals surface area contributed by atoms with Crippen molar-refractivity contribution in [2.45, 2.75) is 13.0 Å². The van der Waals surface area contributed by atoms with E-state index < -0.39 is 0 Å². The van der Waals surface area contributed by atoms with Gasteiger partial charge >= 0.3 is 0 Å². The van der Waals surface area contributed by atoms with E-state index in [1.807, 2.05) is 43.3 Å². The first-order valence-corrected chi connectivity index (χ1v) is 6.59. The van der Waals surface area contributed by atoms with Gasteiger partial charge < -0.3 is 14.9 Å². The van der Waals surface area contributed by atoms with Crippen molar-refractivity contribution < 1.29 is 9.15 Å². The number of hydrogen-bond donors (Lipinski definition) is 1. The van der Waals surface area contributed by atoms with E-state index in [4.69, 9.17) is 14.9 Å². The minimum Gasteiger partial charge on any atom is -0.492 e. The van der Waals surface area contributed by atoms with E-state index in [1.54, 1.807) is 12.4 Å². The number of benzene rings is 1. The molecule has 0 aliphatic rings. The van der Waals surface area contributed by atoms with Crippen LogP contribution in [0.1, 0.15) is 24.3 Å². The van der Waals surface area contributed by atoms with Crippen LogP contribution in [0.2, 0.25) is 0 Å². The van der Waals surface area contributed by atoms with Gasteiger partial charge in [-0.1, -0.05) is 18.2 Å². The molecule has 2 aromatic heterocycles. The summed E-state index contributed by atoms with van der Waals surface area (Å²) >= 11 is 0. The Balaban J connectivity index is 1.94. The second-order valence-corrected chi connectivity index (χ2v) is 4.55. The molecule has 0 saturated carbocycles. The highest BCUT2D eigenvalue weighted by Crippen LogP contribution is 2.27. The van der Waals surface area contributed by atoms with Gasteiger partial charge in [0.05, 0.1) is 18.8 Å². The van der Waals surface area contributed by atoms with Crippen LogP contribution in [-0.2, 0) is 0 Å². The molecule has 0 aliphatic carbocycles. The van der Waals surface area contributed by atoms with Crippen LogP contribution in [0.3, 0.4) is 0 Å². The smallest absolute Gasteiger partial charge is 0.137 e. The van der Waals surface area contributed by atoms with E-state index in [0.29, 0.717) is 6.61 Å². The number of hydrogen-bond acceptors (Lipinski definition) is 4. The maximum absolute atomic E-state index is 6.26. The van der Waals surface area contributed by atoms with E-state index in [0.717, 1.165) is 28.0 Å². The SMILES string of the molecule is CCOc1cncc(C(N)c2cc3ccccc3o2)c1. The van der Waals surface area contributed by atoms with Crippen molar-refractivity contribution >= 4 is 11.0 Å². The van der Waals surface area contributed by atoms with Gasteiger partial charge in [-0.05, 0) is 30.7 Å². The Bertz CT molecular complexity index is 688. The highest BCUT2D eigenvalue weighted by Gasteiger charge is 2.15. The maximum Gasteiger partial charge on any atom is 0.137 e. The lowest BCUT2D eigenvalue weighted by molar-refractivity contribution is 0.338. The van der Waals surface area contributed by atoms with Gasteiger partial charge in [0.2, 0.25) is 0 Å². The Kier molecular flexibility index (Phi) is 3.39. The number of para-hydroxylation sites is 1. The van der Waals surface area contributed by atoms with Crippen LogP contribution in [0.4, 0.5) is 0 Å². The second-order valence-electron chi connectivity index (χ2n) is 4.55. The fraction of sp³-hybridized carbons (Fsp3) is 0.188. The summed E-state index contributed by atoms with van der Waals surface area (Å²) in [5, 5.41) is 1.05. The molecule has 1 aromatic carbocycles. The Hall–Kier alpha value is -2.33. The normalized spacial score (nSPS) is 12.5. The molecule has 3 aromatic rings. The number of nitrogens with zero attached hydrogens (tertiary/aromatic N) is 1. The summed E-state index contributed by atoms with van der Waals surface area (Å²) in [5.74, 6) is 1.44. The van der Waals surface area contributed by atoms with Crippen LogP contribution < -0.4 is 10.5 Å². The molecule has 0 amide bonds. The molecular formula is C16H16N2O2. The lowest BCUT2D eigenvalue weighted by Crippen LogP contribution is -2.11. The average molecular weight is 268 g/mol. The van der Waals surface area contributed by atoms with Crippen molar-refractivity contribution in [3.8, 4) is 5.75 Å². The summed E-state index contributed by atoms with van der Waals surface area (Å²) in [7, 11) is 0. The average Bonchev–Trinajstić information content (AvgIpc) is 2.91. The first-order valence-electron chi connectivity index (χ1n) is 6.59. The van der Waals surface area contributed by atoms with Crippen molar-refractivity contribution in [1.29, 1.82) is 0 Å². The second kappa shape index (κ2) is 5.35. The minimum atomic E-state index is -0.352. The molecule has 0 fully saturated rings. The summed E-state index contributed by atoms with van der Waals surface area (Å²) in [6, 6.07) is 11.4. The quantitative estimate of drug-likeness (QED) is 0.788. The van der Waals surface area contributed by atoms with Crippen LogP contribution in [0.25, 0.3) is 11.0 Å². The molecule has 3 rings (SSSR count). The Labute approximate surface area is 117 Å². The molecule has 102 valence electrons. The number of rotatable bonds is 4. The van der Waals surface area contributed by atoms with Crippen LogP contribution in [0.15, 0.2) is 53.2 Å². The molecule has 4 heteroatoms. The van der Waals surface area contributed by atoms with Crippen LogP contribution in [-0.4, -0.2) is 11.6 Å². The largest absolute Gasteiger partial charge is 0.492 e. The molecule has 0 bridgehead atoms. The van der Waals surface area contributed by atoms with Crippen molar-refractivity contribution in [3.05, 3.63) is 60.1 Å². The highest BCUT2D eigenvalue weighted by atomic mass is 16.5. The van der Waals surface area contributed by atoms with Gasteiger partial charge in [0.15, 0.2) is 0 Å². The number of ether oxygens (including phenoxy) is 1. The summed E-state index contributed by atoms with van der Waals surface area (Å²) in [5.41, 5.74) is 7.97. The predicted molar refractivity (Wildman–Crippen MR) is 77.7 cm³/mol. The zero-order chi connectivity index (χ0) is 13.9. The van der Waals surface area contributed by atoms with Gasteiger partial charge in [0, 0.05) is 11.6 Å². The van der Waals surface area contributed by atoms with E-state index in [9.17, 15) is 0 Å². The summed E-state index contributed by atoms with van der Waals surface area (Å²) in [4.78, 5) is 4.16. The maximum atomic E-state index is 6.26. The zero-order valence-corrected chi connectivity index (χ0v) is 11.2.